The molecule has 0 aliphatic rings. The van der Waals surface area contributed by atoms with E-state index in [0.717, 1.165) is 6.42 Å². The van der Waals surface area contributed by atoms with Crippen LogP contribution in [0.25, 0.3) is 0 Å². The lowest BCUT2D eigenvalue weighted by Gasteiger charge is -2.14. The molecule has 0 heterocycles. The van der Waals surface area contributed by atoms with E-state index >= 15 is 0 Å². The zero-order chi connectivity index (χ0) is 16.8. The molecule has 0 unspecified atom stereocenters. The van der Waals surface area contributed by atoms with Crippen molar-refractivity contribution in [2.45, 2.75) is 13.3 Å². The molecule has 6 heteroatoms. The largest absolute Gasteiger partial charge is 0.493 e. The quantitative estimate of drug-likeness (QED) is 0.732. The predicted molar refractivity (Wildman–Crippen MR) is 95.9 cm³/mol. The Bertz CT molecular complexity index is 706. The highest BCUT2D eigenvalue weighted by Gasteiger charge is 2.16. The van der Waals surface area contributed by atoms with E-state index in [4.69, 9.17) is 21.1 Å². The molecule has 0 bridgehead atoms. The highest BCUT2D eigenvalue weighted by atomic mass is 79.9. The van der Waals surface area contributed by atoms with Crippen LogP contribution in [0.4, 0.5) is 5.69 Å². The minimum atomic E-state index is -0.279. The van der Waals surface area contributed by atoms with E-state index in [1.165, 1.54) is 7.11 Å². The number of carbonyl (C=O) groups excluding carboxylic acids is 1. The van der Waals surface area contributed by atoms with E-state index in [1.54, 1.807) is 36.4 Å². The first kappa shape index (κ1) is 17.6. The van der Waals surface area contributed by atoms with Crippen LogP contribution in [-0.2, 0) is 0 Å². The Hall–Kier alpha value is -1.72. The number of para-hydroxylation sites is 1. The maximum absolute atomic E-state index is 12.4. The fraction of sp³-hybridized carbons (Fsp3) is 0.235. The summed E-state index contributed by atoms with van der Waals surface area (Å²) in [5, 5.41) is 3.26. The van der Waals surface area contributed by atoms with E-state index < -0.39 is 0 Å². The highest BCUT2D eigenvalue weighted by Crippen LogP contribution is 2.37. The molecule has 0 aliphatic heterocycles. The van der Waals surface area contributed by atoms with Gasteiger partial charge in [-0.15, -0.1) is 0 Å². The molecule has 0 aromatic heterocycles. The van der Waals surface area contributed by atoms with Gasteiger partial charge in [0.1, 0.15) is 0 Å². The summed E-state index contributed by atoms with van der Waals surface area (Å²) in [6, 6.07) is 10.4. The van der Waals surface area contributed by atoms with Crippen molar-refractivity contribution in [3.05, 3.63) is 51.5 Å². The summed E-state index contributed by atoms with van der Waals surface area (Å²) >= 11 is 9.49. The van der Waals surface area contributed by atoms with Crippen LogP contribution < -0.4 is 14.8 Å². The number of ether oxygens (including phenoxy) is 2. The first-order valence-corrected chi connectivity index (χ1v) is 8.30. The number of hydrogen-bond acceptors (Lipinski definition) is 3. The van der Waals surface area contributed by atoms with Crippen molar-refractivity contribution in [2.24, 2.45) is 0 Å². The Balaban J connectivity index is 2.27. The monoisotopic (exact) mass is 397 g/mol. The van der Waals surface area contributed by atoms with Crippen LogP contribution in [0.5, 0.6) is 11.5 Å². The van der Waals surface area contributed by atoms with Crippen LogP contribution in [0.2, 0.25) is 5.02 Å². The molecule has 2 rings (SSSR count). The Morgan fingerprint density at radius 2 is 2.04 bits per heavy atom. The van der Waals surface area contributed by atoms with Gasteiger partial charge in [-0.3, -0.25) is 4.79 Å². The van der Waals surface area contributed by atoms with Crippen LogP contribution in [0, 0.1) is 0 Å². The van der Waals surface area contributed by atoms with Gasteiger partial charge in [0, 0.05) is 5.56 Å². The van der Waals surface area contributed by atoms with E-state index in [9.17, 15) is 4.79 Å². The summed E-state index contributed by atoms with van der Waals surface area (Å²) < 4.78 is 11.6. The van der Waals surface area contributed by atoms with Crippen molar-refractivity contribution in [1.29, 1.82) is 0 Å². The van der Waals surface area contributed by atoms with Gasteiger partial charge in [0.15, 0.2) is 11.5 Å². The number of halogens is 2. The third-order valence-electron chi connectivity index (χ3n) is 3.06. The molecular weight excluding hydrogens is 382 g/mol. The minimum Gasteiger partial charge on any atom is -0.493 e. The molecule has 0 aliphatic carbocycles. The van der Waals surface area contributed by atoms with E-state index in [1.807, 2.05) is 6.92 Å². The van der Waals surface area contributed by atoms with Gasteiger partial charge in [-0.2, -0.15) is 0 Å². The lowest BCUT2D eigenvalue weighted by molar-refractivity contribution is 0.102. The van der Waals surface area contributed by atoms with Crippen molar-refractivity contribution < 1.29 is 14.3 Å². The number of hydrogen-bond donors (Lipinski definition) is 1. The lowest BCUT2D eigenvalue weighted by Crippen LogP contribution is -2.13. The van der Waals surface area contributed by atoms with Crippen LogP contribution in [0.15, 0.2) is 40.9 Å². The fourth-order valence-corrected chi connectivity index (χ4v) is 2.69. The van der Waals surface area contributed by atoms with Crippen molar-refractivity contribution in [1.82, 2.24) is 0 Å². The van der Waals surface area contributed by atoms with E-state index in [-0.39, 0.29) is 5.91 Å². The van der Waals surface area contributed by atoms with Crippen molar-refractivity contribution in [3.8, 4) is 11.5 Å². The first-order valence-electron chi connectivity index (χ1n) is 7.13. The number of benzene rings is 2. The van der Waals surface area contributed by atoms with Crippen LogP contribution >= 0.6 is 27.5 Å². The second-order valence-corrected chi connectivity index (χ2v) is 6.03. The highest BCUT2D eigenvalue weighted by molar-refractivity contribution is 9.10. The summed E-state index contributed by atoms with van der Waals surface area (Å²) in [5.41, 5.74) is 0.998. The van der Waals surface area contributed by atoms with Crippen LogP contribution in [0.3, 0.4) is 0 Å². The number of nitrogens with one attached hydrogen (secondary N) is 1. The van der Waals surface area contributed by atoms with Gasteiger partial charge in [-0.1, -0.05) is 30.7 Å². The molecule has 1 amide bonds. The summed E-state index contributed by atoms with van der Waals surface area (Å²) in [6.07, 6.45) is 0.879. The summed E-state index contributed by atoms with van der Waals surface area (Å²) in [5.74, 6) is 0.805. The van der Waals surface area contributed by atoms with Gasteiger partial charge >= 0.3 is 0 Å². The molecule has 0 saturated heterocycles. The average Bonchev–Trinajstić information content (AvgIpc) is 2.55. The van der Waals surface area contributed by atoms with Crippen molar-refractivity contribution >= 4 is 39.1 Å². The molecule has 1 N–H and O–H groups in total. The zero-order valence-corrected chi connectivity index (χ0v) is 15.2. The van der Waals surface area contributed by atoms with E-state index in [2.05, 4.69) is 21.2 Å². The lowest BCUT2D eigenvalue weighted by atomic mass is 10.1. The Labute approximate surface area is 148 Å². The molecular formula is C17H17BrClNO3. The van der Waals surface area contributed by atoms with Gasteiger partial charge < -0.3 is 14.8 Å². The van der Waals surface area contributed by atoms with E-state index in [0.29, 0.717) is 38.9 Å². The van der Waals surface area contributed by atoms with Crippen LogP contribution in [0.1, 0.15) is 23.7 Å². The maximum atomic E-state index is 12.4. The number of rotatable bonds is 6. The van der Waals surface area contributed by atoms with Crippen molar-refractivity contribution in [2.75, 3.05) is 19.0 Å². The smallest absolute Gasteiger partial charge is 0.255 e. The third kappa shape index (κ3) is 4.39. The molecule has 0 radical (unpaired) electrons. The molecule has 0 fully saturated rings. The van der Waals surface area contributed by atoms with Gasteiger partial charge in [-0.25, -0.2) is 0 Å². The normalized spacial score (nSPS) is 10.3. The average molecular weight is 399 g/mol. The molecule has 0 spiro atoms. The topological polar surface area (TPSA) is 47.6 Å². The molecule has 2 aromatic rings. The second-order valence-electron chi connectivity index (χ2n) is 4.77. The first-order chi connectivity index (χ1) is 11.1. The van der Waals surface area contributed by atoms with Crippen molar-refractivity contribution in [3.63, 3.8) is 0 Å². The molecule has 0 saturated carbocycles. The number of amides is 1. The molecule has 23 heavy (non-hydrogen) atoms. The Kier molecular flexibility index (Phi) is 6.30. The Morgan fingerprint density at radius 1 is 1.30 bits per heavy atom. The predicted octanol–water partition coefficient (Wildman–Crippen LogP) is 5.15. The summed E-state index contributed by atoms with van der Waals surface area (Å²) in [7, 11) is 1.54. The second kappa shape index (κ2) is 8.22. The molecule has 4 nitrogen and oxygen atoms in total. The van der Waals surface area contributed by atoms with Gasteiger partial charge in [0.2, 0.25) is 0 Å². The third-order valence-corrected chi connectivity index (χ3v) is 3.98. The molecule has 2 aromatic carbocycles. The van der Waals surface area contributed by atoms with Gasteiger partial charge in [-0.05, 0) is 46.6 Å². The SMILES string of the molecule is CCCOc1c(Br)cc(C(=O)Nc2ccccc2Cl)cc1OC. The standard InChI is InChI=1S/C17H17BrClNO3/c1-3-8-23-16-12(18)9-11(10-15(16)22-2)17(21)20-14-7-5-4-6-13(14)19/h4-7,9-10H,3,8H2,1-2H3,(H,20,21). The van der Waals surface area contributed by atoms with Crippen LogP contribution in [-0.4, -0.2) is 19.6 Å². The number of methoxy groups -OCH3 is 1. The van der Waals surface area contributed by atoms with Gasteiger partial charge in [0.25, 0.3) is 5.91 Å². The molecule has 0 atom stereocenters. The minimum absolute atomic E-state index is 0.279. The van der Waals surface area contributed by atoms with Gasteiger partial charge in [0.05, 0.1) is 28.9 Å². The Morgan fingerprint density at radius 3 is 2.70 bits per heavy atom. The number of carbonyl (C=O) groups is 1. The fourth-order valence-electron chi connectivity index (χ4n) is 1.95. The number of anilines is 1. The maximum Gasteiger partial charge on any atom is 0.255 e. The zero-order valence-electron chi connectivity index (χ0n) is 12.9. The summed E-state index contributed by atoms with van der Waals surface area (Å²) in [6.45, 7) is 2.59. The summed E-state index contributed by atoms with van der Waals surface area (Å²) in [4.78, 5) is 12.4. The molecule has 122 valence electrons.